The van der Waals surface area contributed by atoms with Crippen LogP contribution in [0.2, 0.25) is 0 Å². The molecule has 20 heavy (non-hydrogen) atoms. The predicted octanol–water partition coefficient (Wildman–Crippen LogP) is 2.97. The van der Waals surface area contributed by atoms with Gasteiger partial charge in [-0.3, -0.25) is 9.69 Å². The number of hydrogen-bond donors (Lipinski definition) is 0. The number of anilines is 2. The van der Waals surface area contributed by atoms with Gasteiger partial charge in [-0.05, 0) is 31.2 Å². The van der Waals surface area contributed by atoms with Gasteiger partial charge in [0.1, 0.15) is 6.54 Å². The molecule has 1 aliphatic heterocycles. The average Bonchev–Trinajstić information content (AvgIpc) is 2.76. The molecule has 0 atom stereocenters. The van der Waals surface area contributed by atoms with Gasteiger partial charge in [0.15, 0.2) is 0 Å². The maximum Gasteiger partial charge on any atom is 0.336 e. The lowest BCUT2D eigenvalue weighted by molar-refractivity contribution is -0.115. The van der Waals surface area contributed by atoms with E-state index in [1.165, 1.54) is 9.80 Å². The van der Waals surface area contributed by atoms with Gasteiger partial charge in [0, 0.05) is 5.69 Å². The number of rotatable bonds is 2. The third-order valence-corrected chi connectivity index (χ3v) is 3.33. The molecule has 100 valence electrons. The minimum atomic E-state index is -0.301. The van der Waals surface area contributed by atoms with E-state index >= 15 is 0 Å². The van der Waals surface area contributed by atoms with Crippen LogP contribution in [0.1, 0.15) is 5.56 Å². The van der Waals surface area contributed by atoms with Crippen molar-refractivity contribution < 1.29 is 9.59 Å². The second kappa shape index (κ2) is 4.81. The summed E-state index contributed by atoms with van der Waals surface area (Å²) in [6, 6.07) is 16.3. The summed E-state index contributed by atoms with van der Waals surface area (Å²) in [4.78, 5) is 27.3. The van der Waals surface area contributed by atoms with E-state index in [-0.39, 0.29) is 18.5 Å². The molecule has 0 spiro atoms. The van der Waals surface area contributed by atoms with Crippen molar-refractivity contribution in [1.29, 1.82) is 0 Å². The highest BCUT2D eigenvalue weighted by molar-refractivity contribution is 6.26. The lowest BCUT2D eigenvalue weighted by Gasteiger charge is -2.17. The Hall–Kier alpha value is -2.62. The third kappa shape index (κ3) is 2.05. The molecular formula is C16H14N2O2. The summed E-state index contributed by atoms with van der Waals surface area (Å²) in [6.45, 7) is 2.05. The van der Waals surface area contributed by atoms with Crippen molar-refractivity contribution in [2.45, 2.75) is 6.92 Å². The van der Waals surface area contributed by atoms with E-state index in [0.29, 0.717) is 5.69 Å². The maximum absolute atomic E-state index is 12.4. The number of carbonyl (C=O) groups is 2. The Morgan fingerprint density at radius 3 is 2.15 bits per heavy atom. The molecular weight excluding hydrogens is 252 g/mol. The summed E-state index contributed by atoms with van der Waals surface area (Å²) in [5, 5.41) is 0. The Bertz CT molecular complexity index is 650. The first-order chi connectivity index (χ1) is 9.66. The fourth-order valence-corrected chi connectivity index (χ4v) is 2.26. The Balaban J connectivity index is 1.93. The fourth-order valence-electron chi connectivity index (χ4n) is 2.26. The number of amides is 3. The lowest BCUT2D eigenvalue weighted by Crippen LogP contribution is -2.32. The van der Waals surface area contributed by atoms with Gasteiger partial charge in [0.25, 0.3) is 5.91 Å². The van der Waals surface area contributed by atoms with E-state index in [0.717, 1.165) is 11.3 Å². The molecule has 0 unspecified atom stereocenters. The summed E-state index contributed by atoms with van der Waals surface area (Å²) in [5.74, 6) is -0.206. The van der Waals surface area contributed by atoms with Crippen molar-refractivity contribution in [2.75, 3.05) is 16.3 Å². The van der Waals surface area contributed by atoms with Crippen LogP contribution in [0.5, 0.6) is 0 Å². The summed E-state index contributed by atoms with van der Waals surface area (Å²) in [6.07, 6.45) is 0. The first-order valence-corrected chi connectivity index (χ1v) is 6.43. The molecule has 4 nitrogen and oxygen atoms in total. The van der Waals surface area contributed by atoms with Gasteiger partial charge < -0.3 is 0 Å². The molecule has 3 rings (SSSR count). The highest BCUT2D eigenvalue weighted by Gasteiger charge is 2.37. The number of para-hydroxylation sites is 1. The quantitative estimate of drug-likeness (QED) is 0.784. The smallest absolute Gasteiger partial charge is 0.284 e. The second-order valence-electron chi connectivity index (χ2n) is 4.77. The highest BCUT2D eigenvalue weighted by atomic mass is 16.2. The van der Waals surface area contributed by atoms with E-state index in [1.54, 1.807) is 12.1 Å². The van der Waals surface area contributed by atoms with Gasteiger partial charge in [-0.25, -0.2) is 9.69 Å². The van der Waals surface area contributed by atoms with Gasteiger partial charge in [-0.15, -0.1) is 0 Å². The minimum Gasteiger partial charge on any atom is -0.284 e. The van der Waals surface area contributed by atoms with Crippen molar-refractivity contribution in [3.05, 3.63) is 60.2 Å². The molecule has 0 radical (unpaired) electrons. The molecule has 1 saturated heterocycles. The van der Waals surface area contributed by atoms with E-state index in [2.05, 4.69) is 0 Å². The Kier molecular flexibility index (Phi) is 2.99. The summed E-state index contributed by atoms with van der Waals surface area (Å²) in [5.41, 5.74) is 2.44. The molecule has 2 aromatic rings. The van der Waals surface area contributed by atoms with Crippen LogP contribution in [0.15, 0.2) is 54.6 Å². The molecule has 0 N–H and O–H groups in total. The highest BCUT2D eigenvalue weighted by Crippen LogP contribution is 2.25. The SMILES string of the molecule is Cc1ccc(N2C(=O)CN(c3ccccc3)C2=O)cc1. The first-order valence-electron chi connectivity index (χ1n) is 6.43. The Morgan fingerprint density at radius 2 is 1.50 bits per heavy atom. The number of aryl methyl sites for hydroxylation is 1. The standard InChI is InChI=1S/C16H14N2O2/c1-12-7-9-14(10-8-12)18-15(19)11-17(16(18)20)13-5-3-2-4-6-13/h2-10H,11H2,1H3. The number of benzene rings is 2. The van der Waals surface area contributed by atoms with Crippen LogP contribution in [0.3, 0.4) is 0 Å². The van der Waals surface area contributed by atoms with Crippen LogP contribution in [0.4, 0.5) is 16.2 Å². The van der Waals surface area contributed by atoms with Crippen LogP contribution in [-0.4, -0.2) is 18.5 Å². The molecule has 1 heterocycles. The Labute approximate surface area is 117 Å². The van der Waals surface area contributed by atoms with Crippen molar-refractivity contribution in [1.82, 2.24) is 0 Å². The number of imide groups is 1. The second-order valence-corrected chi connectivity index (χ2v) is 4.77. The normalized spacial score (nSPS) is 15.1. The van der Waals surface area contributed by atoms with Gasteiger partial charge >= 0.3 is 6.03 Å². The fraction of sp³-hybridized carbons (Fsp3) is 0.125. The summed E-state index contributed by atoms with van der Waals surface area (Å²) >= 11 is 0. The topological polar surface area (TPSA) is 40.6 Å². The maximum atomic E-state index is 12.4. The predicted molar refractivity (Wildman–Crippen MR) is 77.8 cm³/mol. The molecule has 2 aromatic carbocycles. The molecule has 1 aliphatic rings. The van der Waals surface area contributed by atoms with E-state index in [1.807, 2.05) is 49.4 Å². The number of nitrogens with zero attached hydrogens (tertiary/aromatic N) is 2. The monoisotopic (exact) mass is 266 g/mol. The van der Waals surface area contributed by atoms with Crippen LogP contribution in [0.25, 0.3) is 0 Å². The Morgan fingerprint density at radius 1 is 0.850 bits per heavy atom. The number of urea groups is 1. The van der Waals surface area contributed by atoms with Crippen molar-refractivity contribution in [3.8, 4) is 0 Å². The molecule has 0 saturated carbocycles. The van der Waals surface area contributed by atoms with Gasteiger partial charge in [0.2, 0.25) is 0 Å². The molecule has 0 aromatic heterocycles. The van der Waals surface area contributed by atoms with Crippen LogP contribution >= 0.6 is 0 Å². The van der Waals surface area contributed by atoms with Gasteiger partial charge in [-0.1, -0.05) is 35.9 Å². The van der Waals surface area contributed by atoms with Crippen molar-refractivity contribution >= 4 is 23.3 Å². The first kappa shape index (κ1) is 12.4. The number of carbonyl (C=O) groups excluding carboxylic acids is 2. The number of hydrogen-bond acceptors (Lipinski definition) is 2. The van der Waals surface area contributed by atoms with Crippen molar-refractivity contribution in [2.24, 2.45) is 0 Å². The summed E-state index contributed by atoms with van der Waals surface area (Å²) in [7, 11) is 0. The lowest BCUT2D eigenvalue weighted by atomic mass is 10.2. The van der Waals surface area contributed by atoms with Gasteiger partial charge in [-0.2, -0.15) is 0 Å². The molecule has 4 heteroatoms. The van der Waals surface area contributed by atoms with Gasteiger partial charge in [0.05, 0.1) is 5.69 Å². The van der Waals surface area contributed by atoms with Crippen molar-refractivity contribution in [3.63, 3.8) is 0 Å². The molecule has 3 amide bonds. The van der Waals surface area contributed by atoms with E-state index in [9.17, 15) is 9.59 Å². The summed E-state index contributed by atoms with van der Waals surface area (Å²) < 4.78 is 0. The molecule has 0 bridgehead atoms. The van der Waals surface area contributed by atoms with Crippen LogP contribution in [-0.2, 0) is 4.79 Å². The third-order valence-electron chi connectivity index (χ3n) is 3.33. The van der Waals surface area contributed by atoms with Crippen LogP contribution in [0, 0.1) is 6.92 Å². The largest absolute Gasteiger partial charge is 0.336 e. The van der Waals surface area contributed by atoms with E-state index < -0.39 is 0 Å². The minimum absolute atomic E-state index is 0.0801. The van der Waals surface area contributed by atoms with E-state index in [4.69, 9.17) is 0 Å². The zero-order valence-electron chi connectivity index (χ0n) is 11.1. The zero-order chi connectivity index (χ0) is 14.1. The van der Waals surface area contributed by atoms with Crippen LogP contribution < -0.4 is 9.80 Å². The molecule has 0 aliphatic carbocycles. The zero-order valence-corrected chi connectivity index (χ0v) is 11.1. The average molecular weight is 266 g/mol. The molecule has 1 fully saturated rings.